The van der Waals surface area contributed by atoms with Crippen LogP contribution in [-0.4, -0.2) is 51.8 Å². The molecule has 3 rings (SSSR count). The minimum atomic E-state index is -2.09. The van der Waals surface area contributed by atoms with Gasteiger partial charge in [-0.1, -0.05) is 42.5 Å². The highest BCUT2D eigenvalue weighted by atomic mass is 19.1. The molecule has 7 nitrogen and oxygen atoms in total. The molecule has 33 heavy (non-hydrogen) atoms. The number of aliphatic hydroxyl groups is 1. The first-order chi connectivity index (χ1) is 15.6. The van der Waals surface area contributed by atoms with Crippen molar-refractivity contribution in [2.24, 2.45) is 5.73 Å². The van der Waals surface area contributed by atoms with Crippen molar-refractivity contribution in [3.05, 3.63) is 83.4 Å². The summed E-state index contributed by atoms with van der Waals surface area (Å²) < 4.78 is 27.3. The molecule has 0 radical (unpaired) electrons. The van der Waals surface area contributed by atoms with E-state index >= 15 is 0 Å². The Labute approximate surface area is 190 Å². The normalized spacial score (nSPS) is 20.2. The molecule has 3 amide bonds. The Morgan fingerprint density at radius 2 is 1.73 bits per heavy atom. The third-order valence-corrected chi connectivity index (χ3v) is 5.51. The second kappa shape index (κ2) is 10.0. The van der Waals surface area contributed by atoms with Crippen LogP contribution in [0.3, 0.4) is 0 Å². The summed E-state index contributed by atoms with van der Waals surface area (Å²) in [6.45, 7) is 1.33. The smallest absolute Gasteiger partial charge is 0.263 e. The minimum absolute atomic E-state index is 0.343. The molecule has 2 aromatic carbocycles. The van der Waals surface area contributed by atoms with Crippen LogP contribution in [0.2, 0.25) is 0 Å². The third kappa shape index (κ3) is 5.15. The van der Waals surface area contributed by atoms with Gasteiger partial charge in [0.1, 0.15) is 17.7 Å². The molecule has 174 valence electrons. The van der Waals surface area contributed by atoms with Gasteiger partial charge in [-0.25, -0.2) is 8.78 Å². The van der Waals surface area contributed by atoms with E-state index in [0.29, 0.717) is 17.4 Å². The molecular weight excluding hydrogens is 432 g/mol. The first-order valence-corrected chi connectivity index (χ1v) is 10.4. The number of likely N-dealkylation sites (N-methyl/N-ethyl adjacent to an activating group) is 1. The van der Waals surface area contributed by atoms with Crippen molar-refractivity contribution in [3.8, 4) is 0 Å². The van der Waals surface area contributed by atoms with Crippen LogP contribution in [0, 0.1) is 11.6 Å². The number of nitrogens with zero attached hydrogens (tertiary/aromatic N) is 2. The van der Waals surface area contributed by atoms with Gasteiger partial charge in [0.15, 0.2) is 6.10 Å². The van der Waals surface area contributed by atoms with Crippen LogP contribution in [0.4, 0.5) is 8.78 Å². The number of aliphatic hydroxyl groups excluding tert-OH is 1. The summed E-state index contributed by atoms with van der Waals surface area (Å²) in [4.78, 5) is 41.4. The molecule has 2 aromatic rings. The second-order valence-corrected chi connectivity index (χ2v) is 7.92. The Kier molecular flexibility index (Phi) is 7.35. The highest BCUT2D eigenvalue weighted by Crippen LogP contribution is 2.29. The number of hydrogen-bond donors (Lipinski definition) is 2. The molecule has 0 aliphatic carbocycles. The predicted molar refractivity (Wildman–Crippen MR) is 116 cm³/mol. The molecule has 1 heterocycles. The van der Waals surface area contributed by atoms with E-state index in [9.17, 15) is 28.3 Å². The SMILES string of the molecule is C[C@H](N)C(=O)N(C(=O)[C@H](O)c1cc(F)cc(F)c1)[C@H]1C=CC[C@H](c2ccccc2)N(C)C1=O. The van der Waals surface area contributed by atoms with Crippen LogP contribution < -0.4 is 5.73 Å². The Morgan fingerprint density at radius 3 is 2.30 bits per heavy atom. The van der Waals surface area contributed by atoms with Gasteiger partial charge in [0.05, 0.1) is 12.1 Å². The molecule has 0 unspecified atom stereocenters. The zero-order valence-electron chi connectivity index (χ0n) is 18.2. The topological polar surface area (TPSA) is 104 Å². The van der Waals surface area contributed by atoms with Crippen LogP contribution in [-0.2, 0) is 14.4 Å². The second-order valence-electron chi connectivity index (χ2n) is 7.92. The van der Waals surface area contributed by atoms with E-state index in [1.165, 1.54) is 17.9 Å². The molecule has 1 aliphatic rings. The average Bonchev–Trinajstić information content (AvgIpc) is 2.92. The number of rotatable bonds is 5. The highest BCUT2D eigenvalue weighted by molar-refractivity contribution is 6.04. The molecule has 0 bridgehead atoms. The van der Waals surface area contributed by atoms with Gasteiger partial charge in [-0.15, -0.1) is 0 Å². The van der Waals surface area contributed by atoms with Gasteiger partial charge >= 0.3 is 0 Å². The lowest BCUT2D eigenvalue weighted by molar-refractivity contribution is -0.158. The largest absolute Gasteiger partial charge is 0.378 e. The van der Waals surface area contributed by atoms with E-state index in [0.717, 1.165) is 17.7 Å². The Bertz CT molecular complexity index is 1050. The summed E-state index contributed by atoms with van der Waals surface area (Å²) in [5.74, 6) is -4.70. The van der Waals surface area contributed by atoms with E-state index in [4.69, 9.17) is 5.73 Å². The molecule has 9 heteroatoms. The lowest BCUT2D eigenvalue weighted by atomic mass is 10.0. The number of carbonyl (C=O) groups is 3. The van der Waals surface area contributed by atoms with E-state index < -0.39 is 47.5 Å². The van der Waals surface area contributed by atoms with E-state index in [-0.39, 0.29) is 11.6 Å². The molecular formula is C24H25F2N3O4. The number of carbonyl (C=O) groups excluding carboxylic acids is 3. The number of nitrogens with two attached hydrogens (primary N) is 1. The fourth-order valence-corrected chi connectivity index (χ4v) is 3.78. The van der Waals surface area contributed by atoms with Gasteiger partial charge in [0.2, 0.25) is 11.8 Å². The van der Waals surface area contributed by atoms with E-state index in [1.807, 2.05) is 30.3 Å². The van der Waals surface area contributed by atoms with Crippen molar-refractivity contribution in [3.63, 3.8) is 0 Å². The minimum Gasteiger partial charge on any atom is -0.378 e. The molecule has 3 N–H and O–H groups in total. The van der Waals surface area contributed by atoms with Gasteiger partial charge in [-0.05, 0) is 36.6 Å². The average molecular weight is 457 g/mol. The van der Waals surface area contributed by atoms with Gasteiger partial charge in [0.25, 0.3) is 5.91 Å². The van der Waals surface area contributed by atoms with Crippen LogP contribution in [0.25, 0.3) is 0 Å². The van der Waals surface area contributed by atoms with Gasteiger partial charge in [0, 0.05) is 13.1 Å². The quantitative estimate of drug-likeness (QED) is 0.671. The Balaban J connectivity index is 1.97. The summed E-state index contributed by atoms with van der Waals surface area (Å²) >= 11 is 0. The van der Waals surface area contributed by atoms with Crippen molar-refractivity contribution in [2.45, 2.75) is 37.6 Å². The summed E-state index contributed by atoms with van der Waals surface area (Å²) in [5, 5.41) is 10.6. The van der Waals surface area contributed by atoms with Crippen molar-refractivity contribution in [2.75, 3.05) is 7.05 Å². The summed E-state index contributed by atoms with van der Waals surface area (Å²) in [5.41, 5.74) is 6.19. The molecule has 0 spiro atoms. The summed E-state index contributed by atoms with van der Waals surface area (Å²) in [6, 6.07) is 8.48. The maximum absolute atomic E-state index is 13.6. The third-order valence-electron chi connectivity index (χ3n) is 5.51. The van der Waals surface area contributed by atoms with Gasteiger partial charge < -0.3 is 15.7 Å². The molecule has 0 saturated heterocycles. The van der Waals surface area contributed by atoms with E-state index in [2.05, 4.69) is 0 Å². The maximum atomic E-state index is 13.6. The van der Waals surface area contributed by atoms with Gasteiger partial charge in [-0.2, -0.15) is 0 Å². The molecule has 0 saturated carbocycles. The standard InChI is InChI=1S/C24H25F2N3O4/c1-14(27)22(31)29(24(33)21(30)16-11-17(25)13-18(26)12-16)20-10-6-9-19(28(2)23(20)32)15-7-4-3-5-8-15/h3-8,10-14,19-21,30H,9,27H2,1-2H3/t14-,19+,20-,21+/m0/s1. The van der Waals surface area contributed by atoms with Crippen molar-refractivity contribution < 1.29 is 28.3 Å². The highest BCUT2D eigenvalue weighted by Gasteiger charge is 2.41. The predicted octanol–water partition coefficient (Wildman–Crippen LogP) is 2.23. The van der Waals surface area contributed by atoms with Gasteiger partial charge in [-0.3, -0.25) is 19.3 Å². The number of halogens is 2. The molecule has 1 aliphatic heterocycles. The first-order valence-electron chi connectivity index (χ1n) is 10.4. The van der Waals surface area contributed by atoms with Crippen LogP contribution in [0.15, 0.2) is 60.7 Å². The Hall–Kier alpha value is -3.43. The fraction of sp³-hybridized carbons (Fsp3) is 0.292. The Morgan fingerprint density at radius 1 is 1.12 bits per heavy atom. The zero-order chi connectivity index (χ0) is 24.3. The molecule has 0 aromatic heterocycles. The number of benzene rings is 2. The summed E-state index contributed by atoms with van der Waals surface area (Å²) in [7, 11) is 1.55. The van der Waals surface area contributed by atoms with E-state index in [1.54, 1.807) is 13.1 Å². The molecule has 0 fully saturated rings. The number of amides is 3. The van der Waals surface area contributed by atoms with Crippen molar-refractivity contribution in [1.82, 2.24) is 9.80 Å². The summed E-state index contributed by atoms with van der Waals surface area (Å²) in [6.07, 6.45) is 1.41. The lowest BCUT2D eigenvalue weighted by Gasteiger charge is -2.34. The number of hydrogen-bond acceptors (Lipinski definition) is 5. The van der Waals surface area contributed by atoms with Crippen molar-refractivity contribution in [1.29, 1.82) is 0 Å². The first kappa shape index (κ1) is 24.2. The maximum Gasteiger partial charge on any atom is 0.263 e. The van der Waals surface area contributed by atoms with Crippen LogP contribution in [0.1, 0.15) is 36.6 Å². The van der Waals surface area contributed by atoms with Crippen molar-refractivity contribution >= 4 is 17.7 Å². The monoisotopic (exact) mass is 457 g/mol. The fourth-order valence-electron chi connectivity index (χ4n) is 3.78. The van der Waals surface area contributed by atoms with Crippen LogP contribution >= 0.6 is 0 Å². The zero-order valence-corrected chi connectivity index (χ0v) is 18.2. The molecule has 4 atom stereocenters. The lowest BCUT2D eigenvalue weighted by Crippen LogP contribution is -2.56. The number of imide groups is 1. The van der Waals surface area contributed by atoms with Crippen LogP contribution in [0.5, 0.6) is 0 Å².